The molecule has 0 aromatic heterocycles. The van der Waals surface area contributed by atoms with Gasteiger partial charge in [0.05, 0.1) is 10.1 Å². The van der Waals surface area contributed by atoms with Crippen molar-refractivity contribution in [2.45, 2.75) is 42.8 Å². The largest absolute Gasteiger partial charge is 0.223 e. The number of sulfone groups is 1. The molecule has 4 heteroatoms. The first-order chi connectivity index (χ1) is 8.00. The van der Waals surface area contributed by atoms with E-state index in [0.29, 0.717) is 5.92 Å². The maximum atomic E-state index is 12.8. The lowest BCUT2D eigenvalue weighted by Gasteiger charge is -2.26. The van der Waals surface area contributed by atoms with Crippen LogP contribution in [0.1, 0.15) is 32.6 Å². The molecule has 1 aliphatic carbocycles. The SMILES string of the molecule is CC1CCCC(S(=O)(=O)c2ccc(F)cc2)C1. The minimum atomic E-state index is -3.28. The van der Waals surface area contributed by atoms with E-state index in [1.165, 1.54) is 24.3 Å². The number of hydrogen-bond acceptors (Lipinski definition) is 2. The van der Waals surface area contributed by atoms with Crippen LogP contribution in [0.15, 0.2) is 29.2 Å². The van der Waals surface area contributed by atoms with Crippen LogP contribution in [0.2, 0.25) is 0 Å². The first kappa shape index (κ1) is 12.6. The van der Waals surface area contributed by atoms with Gasteiger partial charge in [0, 0.05) is 0 Å². The fourth-order valence-corrected chi connectivity index (χ4v) is 4.44. The van der Waals surface area contributed by atoms with Gasteiger partial charge in [0.1, 0.15) is 5.82 Å². The molecule has 1 saturated carbocycles. The highest BCUT2D eigenvalue weighted by molar-refractivity contribution is 7.92. The fourth-order valence-electron chi connectivity index (χ4n) is 2.48. The number of rotatable bonds is 2. The van der Waals surface area contributed by atoms with Gasteiger partial charge >= 0.3 is 0 Å². The Balaban J connectivity index is 2.26. The van der Waals surface area contributed by atoms with Gasteiger partial charge in [-0.05, 0) is 43.0 Å². The predicted molar refractivity (Wildman–Crippen MR) is 65.0 cm³/mol. The average molecular weight is 256 g/mol. The summed E-state index contributed by atoms with van der Waals surface area (Å²) < 4.78 is 37.4. The molecule has 2 atom stereocenters. The summed E-state index contributed by atoms with van der Waals surface area (Å²) in [6.45, 7) is 2.09. The maximum absolute atomic E-state index is 12.8. The number of hydrogen-bond donors (Lipinski definition) is 0. The van der Waals surface area contributed by atoms with Gasteiger partial charge in [-0.25, -0.2) is 12.8 Å². The van der Waals surface area contributed by atoms with E-state index in [1.807, 2.05) is 0 Å². The lowest BCUT2D eigenvalue weighted by atomic mass is 9.91. The van der Waals surface area contributed by atoms with Gasteiger partial charge in [0.2, 0.25) is 0 Å². The molecule has 1 aromatic carbocycles. The normalized spacial score (nSPS) is 25.8. The molecule has 1 aromatic rings. The van der Waals surface area contributed by atoms with Gasteiger partial charge in [-0.2, -0.15) is 0 Å². The van der Waals surface area contributed by atoms with E-state index in [-0.39, 0.29) is 10.1 Å². The van der Waals surface area contributed by atoms with E-state index in [0.717, 1.165) is 25.7 Å². The maximum Gasteiger partial charge on any atom is 0.181 e. The molecule has 0 radical (unpaired) electrons. The average Bonchev–Trinajstić information content (AvgIpc) is 2.29. The second-order valence-electron chi connectivity index (χ2n) is 4.89. The summed E-state index contributed by atoms with van der Waals surface area (Å²) >= 11 is 0. The van der Waals surface area contributed by atoms with E-state index in [2.05, 4.69) is 6.92 Å². The molecule has 2 unspecified atom stereocenters. The first-order valence-corrected chi connectivity index (χ1v) is 7.54. The standard InChI is InChI=1S/C13H17FO2S/c1-10-3-2-4-13(9-10)17(15,16)12-7-5-11(14)6-8-12/h5-8,10,13H,2-4,9H2,1H3. The molecule has 0 N–H and O–H groups in total. The van der Waals surface area contributed by atoms with Crippen LogP contribution in [-0.4, -0.2) is 13.7 Å². The Morgan fingerprint density at radius 3 is 2.41 bits per heavy atom. The summed E-state index contributed by atoms with van der Waals surface area (Å²) in [6, 6.07) is 5.14. The third-order valence-corrected chi connectivity index (χ3v) is 5.70. The quantitative estimate of drug-likeness (QED) is 0.762. The molecule has 1 fully saturated rings. The molecule has 1 aliphatic rings. The second kappa shape index (κ2) is 4.77. The summed E-state index contributed by atoms with van der Waals surface area (Å²) in [5.74, 6) is 0.0601. The topological polar surface area (TPSA) is 34.1 Å². The second-order valence-corrected chi connectivity index (χ2v) is 7.12. The van der Waals surface area contributed by atoms with Crippen molar-refractivity contribution in [1.82, 2.24) is 0 Å². The summed E-state index contributed by atoms with van der Waals surface area (Å²) in [5.41, 5.74) is 0. The van der Waals surface area contributed by atoms with Crippen LogP contribution < -0.4 is 0 Å². The molecule has 0 heterocycles. The Morgan fingerprint density at radius 1 is 1.18 bits per heavy atom. The number of halogens is 1. The van der Waals surface area contributed by atoms with Crippen molar-refractivity contribution in [3.63, 3.8) is 0 Å². The Morgan fingerprint density at radius 2 is 1.82 bits per heavy atom. The highest BCUT2D eigenvalue weighted by Crippen LogP contribution is 2.31. The molecule has 2 rings (SSSR count). The van der Waals surface area contributed by atoms with Crippen LogP contribution in [0.25, 0.3) is 0 Å². The van der Waals surface area contributed by atoms with Gasteiger partial charge in [-0.15, -0.1) is 0 Å². The van der Waals surface area contributed by atoms with Crippen molar-refractivity contribution >= 4 is 9.84 Å². The molecular formula is C13H17FO2S. The Kier molecular flexibility index (Phi) is 3.52. The molecule has 0 saturated heterocycles. The highest BCUT2D eigenvalue weighted by atomic mass is 32.2. The zero-order valence-corrected chi connectivity index (χ0v) is 10.7. The minimum Gasteiger partial charge on any atom is -0.223 e. The van der Waals surface area contributed by atoms with Crippen LogP contribution in [0, 0.1) is 11.7 Å². The molecule has 94 valence electrons. The summed E-state index contributed by atoms with van der Waals surface area (Å²) in [6.07, 6.45) is 3.52. The highest BCUT2D eigenvalue weighted by Gasteiger charge is 2.31. The Labute approximate surface area is 102 Å². The van der Waals surface area contributed by atoms with E-state index in [4.69, 9.17) is 0 Å². The van der Waals surface area contributed by atoms with E-state index >= 15 is 0 Å². The first-order valence-electron chi connectivity index (χ1n) is 5.99. The van der Waals surface area contributed by atoms with E-state index in [1.54, 1.807) is 0 Å². The van der Waals surface area contributed by atoms with Crippen LogP contribution in [0.5, 0.6) is 0 Å². The monoisotopic (exact) mass is 256 g/mol. The summed E-state index contributed by atoms with van der Waals surface area (Å²) in [7, 11) is -3.28. The zero-order valence-electron chi connectivity index (χ0n) is 9.90. The molecule has 17 heavy (non-hydrogen) atoms. The van der Waals surface area contributed by atoms with Crippen LogP contribution in [-0.2, 0) is 9.84 Å². The van der Waals surface area contributed by atoms with Crippen molar-refractivity contribution in [3.05, 3.63) is 30.1 Å². The van der Waals surface area contributed by atoms with Crippen molar-refractivity contribution in [2.75, 3.05) is 0 Å². The third-order valence-electron chi connectivity index (χ3n) is 3.47. The third kappa shape index (κ3) is 2.68. The van der Waals surface area contributed by atoms with E-state index < -0.39 is 15.7 Å². The lowest BCUT2D eigenvalue weighted by molar-refractivity contribution is 0.382. The van der Waals surface area contributed by atoms with Crippen LogP contribution in [0.3, 0.4) is 0 Å². The summed E-state index contributed by atoms with van der Waals surface area (Å²) in [5, 5.41) is -0.295. The van der Waals surface area contributed by atoms with Gasteiger partial charge in [-0.1, -0.05) is 19.8 Å². The molecule has 0 spiro atoms. The smallest absolute Gasteiger partial charge is 0.181 e. The van der Waals surface area contributed by atoms with Crippen molar-refractivity contribution in [1.29, 1.82) is 0 Å². The van der Waals surface area contributed by atoms with Crippen molar-refractivity contribution in [3.8, 4) is 0 Å². The van der Waals surface area contributed by atoms with Gasteiger partial charge in [0.15, 0.2) is 9.84 Å². The molecule has 2 nitrogen and oxygen atoms in total. The number of benzene rings is 1. The lowest BCUT2D eigenvalue weighted by Crippen LogP contribution is -2.27. The van der Waals surface area contributed by atoms with Crippen molar-refractivity contribution in [2.24, 2.45) is 5.92 Å². The molecule has 0 bridgehead atoms. The predicted octanol–water partition coefficient (Wildman–Crippen LogP) is 3.18. The van der Waals surface area contributed by atoms with E-state index in [9.17, 15) is 12.8 Å². The molecule has 0 amide bonds. The Hall–Kier alpha value is -0.900. The van der Waals surface area contributed by atoms with Crippen LogP contribution >= 0.6 is 0 Å². The van der Waals surface area contributed by atoms with Crippen LogP contribution in [0.4, 0.5) is 4.39 Å². The Bertz CT molecular complexity index is 479. The van der Waals surface area contributed by atoms with Gasteiger partial charge in [0.25, 0.3) is 0 Å². The molecular weight excluding hydrogens is 239 g/mol. The molecule has 0 aliphatic heterocycles. The van der Waals surface area contributed by atoms with Crippen molar-refractivity contribution < 1.29 is 12.8 Å². The fraction of sp³-hybridized carbons (Fsp3) is 0.538. The van der Waals surface area contributed by atoms with Gasteiger partial charge < -0.3 is 0 Å². The zero-order chi connectivity index (χ0) is 12.5. The summed E-state index contributed by atoms with van der Waals surface area (Å²) in [4.78, 5) is 0.248. The minimum absolute atomic E-state index is 0.248. The van der Waals surface area contributed by atoms with Gasteiger partial charge in [-0.3, -0.25) is 0 Å².